The predicted octanol–water partition coefficient (Wildman–Crippen LogP) is 5.64. The van der Waals surface area contributed by atoms with Crippen molar-refractivity contribution in [2.75, 3.05) is 0 Å². The highest BCUT2D eigenvalue weighted by atomic mass is 16.6. The van der Waals surface area contributed by atoms with Crippen LogP contribution in [-0.4, -0.2) is 22.8 Å². The van der Waals surface area contributed by atoms with Gasteiger partial charge in [0.2, 0.25) is 0 Å². The van der Waals surface area contributed by atoms with E-state index in [2.05, 4.69) is 13.8 Å². The molecular weight excluding hydrogens is 288 g/mol. The molecule has 3 nitrogen and oxygen atoms in total. The van der Waals surface area contributed by atoms with Crippen molar-refractivity contribution in [3.63, 3.8) is 0 Å². The van der Waals surface area contributed by atoms with E-state index in [1.165, 1.54) is 32.1 Å². The second kappa shape index (κ2) is 12.8. The third-order valence-electron chi connectivity index (χ3n) is 4.15. The Morgan fingerprint density at radius 2 is 1.35 bits per heavy atom. The van der Waals surface area contributed by atoms with Gasteiger partial charge in [-0.05, 0) is 33.6 Å². The van der Waals surface area contributed by atoms with E-state index in [1.807, 2.05) is 20.8 Å². The second-order valence-electron chi connectivity index (χ2n) is 7.76. The molecule has 0 aliphatic carbocycles. The average Bonchev–Trinajstić information content (AvgIpc) is 2.45. The molecule has 0 aromatic carbocycles. The number of aliphatic hydroxyl groups excluding tert-OH is 1. The Balaban J connectivity index is 4.40. The van der Waals surface area contributed by atoms with E-state index in [0.717, 1.165) is 32.1 Å². The summed E-state index contributed by atoms with van der Waals surface area (Å²) in [5.41, 5.74) is -0.487. The molecule has 0 spiro atoms. The van der Waals surface area contributed by atoms with Gasteiger partial charge in [0.1, 0.15) is 5.60 Å². The summed E-state index contributed by atoms with van der Waals surface area (Å²) in [5, 5.41) is 10.5. The van der Waals surface area contributed by atoms with Gasteiger partial charge in [-0.15, -0.1) is 0 Å². The molecular formula is C20H40O3. The lowest BCUT2D eigenvalue weighted by atomic mass is 9.91. The van der Waals surface area contributed by atoms with Gasteiger partial charge in [0.05, 0.1) is 12.0 Å². The smallest absolute Gasteiger partial charge is 0.312 e. The molecule has 3 heteroatoms. The molecule has 0 rings (SSSR count). The summed E-state index contributed by atoms with van der Waals surface area (Å²) in [6.45, 7) is 10.0. The van der Waals surface area contributed by atoms with Crippen molar-refractivity contribution in [2.45, 2.75) is 117 Å². The van der Waals surface area contributed by atoms with Crippen molar-refractivity contribution in [3.05, 3.63) is 0 Å². The van der Waals surface area contributed by atoms with E-state index in [-0.39, 0.29) is 11.9 Å². The normalized spacial score (nSPS) is 14.5. The molecule has 2 atom stereocenters. The minimum absolute atomic E-state index is 0.227. The molecule has 0 saturated heterocycles. The van der Waals surface area contributed by atoms with E-state index in [4.69, 9.17) is 4.74 Å². The van der Waals surface area contributed by atoms with Gasteiger partial charge in [0.15, 0.2) is 0 Å². The Morgan fingerprint density at radius 1 is 0.870 bits per heavy atom. The van der Waals surface area contributed by atoms with Crippen LogP contribution >= 0.6 is 0 Å². The number of carbonyl (C=O) groups is 1. The first kappa shape index (κ1) is 22.4. The first-order valence-electron chi connectivity index (χ1n) is 9.72. The van der Waals surface area contributed by atoms with E-state index in [0.29, 0.717) is 6.42 Å². The largest absolute Gasteiger partial charge is 0.460 e. The van der Waals surface area contributed by atoms with Gasteiger partial charge in [-0.25, -0.2) is 0 Å². The van der Waals surface area contributed by atoms with E-state index >= 15 is 0 Å². The Hall–Kier alpha value is -0.570. The highest BCUT2D eigenvalue weighted by Crippen LogP contribution is 2.23. The number of unbranched alkanes of at least 4 members (excludes halogenated alkanes) is 7. The van der Waals surface area contributed by atoms with Gasteiger partial charge in [0.25, 0.3) is 0 Å². The lowest BCUT2D eigenvalue weighted by Crippen LogP contribution is -2.35. The van der Waals surface area contributed by atoms with Crippen LogP contribution in [0.3, 0.4) is 0 Å². The van der Waals surface area contributed by atoms with Crippen molar-refractivity contribution in [1.29, 1.82) is 0 Å². The molecule has 1 N–H and O–H groups in total. The highest BCUT2D eigenvalue weighted by Gasteiger charge is 2.30. The fraction of sp³-hybridized carbons (Fsp3) is 0.950. The van der Waals surface area contributed by atoms with Crippen molar-refractivity contribution in [3.8, 4) is 0 Å². The maximum atomic E-state index is 12.4. The third-order valence-corrected chi connectivity index (χ3v) is 4.15. The van der Waals surface area contributed by atoms with E-state index in [1.54, 1.807) is 0 Å². The quantitative estimate of drug-likeness (QED) is 0.352. The fourth-order valence-corrected chi connectivity index (χ4v) is 2.79. The minimum Gasteiger partial charge on any atom is -0.460 e. The average molecular weight is 329 g/mol. The van der Waals surface area contributed by atoms with Crippen LogP contribution < -0.4 is 0 Å². The Kier molecular flexibility index (Phi) is 12.5. The fourth-order valence-electron chi connectivity index (χ4n) is 2.79. The zero-order valence-corrected chi connectivity index (χ0v) is 16.2. The van der Waals surface area contributed by atoms with Gasteiger partial charge >= 0.3 is 5.97 Å². The molecule has 0 amide bonds. The predicted molar refractivity (Wildman–Crippen MR) is 97.5 cm³/mol. The molecule has 0 aliphatic heterocycles. The van der Waals surface area contributed by atoms with Gasteiger partial charge < -0.3 is 9.84 Å². The summed E-state index contributed by atoms with van der Waals surface area (Å²) < 4.78 is 5.52. The number of hydrogen-bond acceptors (Lipinski definition) is 3. The van der Waals surface area contributed by atoms with E-state index in [9.17, 15) is 9.90 Å². The van der Waals surface area contributed by atoms with Crippen LogP contribution in [0.2, 0.25) is 0 Å². The molecule has 0 bridgehead atoms. The Morgan fingerprint density at radius 3 is 1.87 bits per heavy atom. The van der Waals surface area contributed by atoms with Crippen LogP contribution in [0.5, 0.6) is 0 Å². The minimum atomic E-state index is -0.562. The number of aliphatic hydroxyl groups is 1. The first-order valence-corrected chi connectivity index (χ1v) is 9.72. The number of ether oxygens (including phenoxy) is 1. The highest BCUT2D eigenvalue weighted by molar-refractivity contribution is 5.73. The van der Waals surface area contributed by atoms with Crippen LogP contribution in [0, 0.1) is 5.92 Å². The maximum Gasteiger partial charge on any atom is 0.312 e. The zero-order valence-electron chi connectivity index (χ0n) is 16.2. The summed E-state index contributed by atoms with van der Waals surface area (Å²) in [4.78, 5) is 12.4. The summed E-state index contributed by atoms with van der Waals surface area (Å²) in [7, 11) is 0. The molecule has 0 aliphatic rings. The van der Waals surface area contributed by atoms with Gasteiger partial charge in [0, 0.05) is 0 Å². The van der Waals surface area contributed by atoms with Crippen LogP contribution in [0.4, 0.5) is 0 Å². The molecule has 0 aromatic rings. The molecule has 0 radical (unpaired) electrons. The molecule has 0 fully saturated rings. The Labute approximate surface area is 144 Å². The number of rotatable bonds is 13. The van der Waals surface area contributed by atoms with Crippen molar-refractivity contribution in [1.82, 2.24) is 0 Å². The first-order chi connectivity index (χ1) is 10.8. The Bertz CT molecular complexity index is 294. The lowest BCUT2D eigenvalue weighted by Gasteiger charge is -2.27. The monoisotopic (exact) mass is 328 g/mol. The molecule has 0 saturated carbocycles. The maximum absolute atomic E-state index is 12.4. The SMILES string of the molecule is CCCCCCCC(O)C(CCCCCC)C(=O)OC(C)(C)C. The van der Waals surface area contributed by atoms with Gasteiger partial charge in [-0.3, -0.25) is 4.79 Å². The van der Waals surface area contributed by atoms with Gasteiger partial charge in [-0.2, -0.15) is 0 Å². The summed E-state index contributed by atoms with van der Waals surface area (Å²) in [5.74, 6) is -0.590. The summed E-state index contributed by atoms with van der Waals surface area (Å²) in [6.07, 6.45) is 11.2. The summed E-state index contributed by atoms with van der Waals surface area (Å²) >= 11 is 0. The molecule has 23 heavy (non-hydrogen) atoms. The van der Waals surface area contributed by atoms with Crippen molar-refractivity contribution < 1.29 is 14.6 Å². The molecule has 138 valence electrons. The zero-order chi connectivity index (χ0) is 17.7. The topological polar surface area (TPSA) is 46.5 Å². The molecule has 0 aromatic heterocycles. The lowest BCUT2D eigenvalue weighted by molar-refractivity contribution is -0.164. The van der Waals surface area contributed by atoms with Crippen LogP contribution in [0.1, 0.15) is 105 Å². The third kappa shape index (κ3) is 12.5. The van der Waals surface area contributed by atoms with Crippen LogP contribution in [0.25, 0.3) is 0 Å². The van der Waals surface area contributed by atoms with Gasteiger partial charge in [-0.1, -0.05) is 71.6 Å². The van der Waals surface area contributed by atoms with Crippen molar-refractivity contribution >= 4 is 5.97 Å². The number of carbonyl (C=O) groups excluding carboxylic acids is 1. The number of esters is 1. The van der Waals surface area contributed by atoms with Crippen LogP contribution in [0.15, 0.2) is 0 Å². The standard InChI is InChI=1S/C20H40O3/c1-6-8-10-12-14-16-18(21)17(15-13-11-9-7-2)19(22)23-20(3,4)5/h17-18,21H,6-16H2,1-5H3. The molecule has 2 unspecified atom stereocenters. The van der Waals surface area contributed by atoms with Crippen LogP contribution in [-0.2, 0) is 9.53 Å². The molecule has 0 heterocycles. The second-order valence-corrected chi connectivity index (χ2v) is 7.76. The summed E-state index contributed by atoms with van der Waals surface area (Å²) in [6, 6.07) is 0. The van der Waals surface area contributed by atoms with Crippen molar-refractivity contribution in [2.24, 2.45) is 5.92 Å². The van der Waals surface area contributed by atoms with E-state index < -0.39 is 11.7 Å². The number of hydrogen-bond donors (Lipinski definition) is 1.